The van der Waals surface area contributed by atoms with E-state index in [9.17, 15) is 14.7 Å². The monoisotopic (exact) mass is 215 g/mol. The lowest BCUT2D eigenvalue weighted by atomic mass is 10.1. The van der Waals surface area contributed by atoms with E-state index in [0.29, 0.717) is 19.4 Å². The second-order valence-corrected chi connectivity index (χ2v) is 3.72. The number of hydrogen-bond acceptors (Lipinski definition) is 4. The molecule has 1 aliphatic heterocycles. The van der Waals surface area contributed by atoms with Gasteiger partial charge < -0.3 is 15.2 Å². The van der Waals surface area contributed by atoms with Crippen LogP contribution in [0.15, 0.2) is 0 Å². The van der Waals surface area contributed by atoms with E-state index in [-0.39, 0.29) is 18.3 Å². The Bertz CT molecular complexity index is 242. The molecule has 0 unspecified atom stereocenters. The Balaban J connectivity index is 2.26. The molecule has 0 aliphatic carbocycles. The van der Waals surface area contributed by atoms with Gasteiger partial charge in [0.2, 0.25) is 5.91 Å². The number of hydrogen-bond donors (Lipinski definition) is 2. The molecule has 0 aromatic rings. The molecule has 0 spiro atoms. The van der Waals surface area contributed by atoms with Crippen molar-refractivity contribution in [3.8, 4) is 0 Å². The molecule has 0 bridgehead atoms. The number of carbonyl (C=O) groups is 2. The first kappa shape index (κ1) is 12.0. The summed E-state index contributed by atoms with van der Waals surface area (Å²) in [6, 6.07) is -0.522. The summed E-state index contributed by atoms with van der Waals surface area (Å²) in [5.74, 6) is -0.673. The normalized spacial score (nSPS) is 22.3. The molecule has 2 atom stereocenters. The lowest BCUT2D eigenvalue weighted by Crippen LogP contribution is -2.39. The minimum atomic E-state index is -0.618. The summed E-state index contributed by atoms with van der Waals surface area (Å²) in [6.07, 6.45) is 1.39. The minimum Gasteiger partial charge on any atom is -0.464 e. The first-order valence-electron chi connectivity index (χ1n) is 5.27. The number of aliphatic hydroxyl groups excluding tert-OH is 1. The molecule has 1 amide bonds. The quantitative estimate of drug-likeness (QED) is 0.631. The summed E-state index contributed by atoms with van der Waals surface area (Å²) >= 11 is 0. The zero-order valence-corrected chi connectivity index (χ0v) is 8.86. The van der Waals surface area contributed by atoms with Gasteiger partial charge in [0.15, 0.2) is 0 Å². The molecule has 15 heavy (non-hydrogen) atoms. The molecule has 5 heteroatoms. The van der Waals surface area contributed by atoms with Crippen LogP contribution in [0.1, 0.15) is 32.6 Å². The van der Waals surface area contributed by atoms with E-state index in [0.717, 1.165) is 6.42 Å². The van der Waals surface area contributed by atoms with Crippen molar-refractivity contribution < 1.29 is 19.4 Å². The summed E-state index contributed by atoms with van der Waals surface area (Å²) in [6.45, 7) is 2.30. The van der Waals surface area contributed by atoms with E-state index in [2.05, 4.69) is 5.32 Å². The second kappa shape index (κ2) is 5.70. The fourth-order valence-corrected chi connectivity index (χ4v) is 1.53. The zero-order chi connectivity index (χ0) is 11.3. The third-order valence-corrected chi connectivity index (χ3v) is 2.31. The number of ether oxygens (including phenoxy) is 1. The van der Waals surface area contributed by atoms with Gasteiger partial charge in [0.1, 0.15) is 6.04 Å². The van der Waals surface area contributed by atoms with Gasteiger partial charge in [-0.05, 0) is 6.42 Å². The summed E-state index contributed by atoms with van der Waals surface area (Å²) < 4.78 is 4.70. The minimum absolute atomic E-state index is 0.0532. The second-order valence-electron chi connectivity index (χ2n) is 3.72. The highest BCUT2D eigenvalue weighted by Crippen LogP contribution is 2.07. The Hall–Kier alpha value is -1.10. The summed E-state index contributed by atoms with van der Waals surface area (Å²) in [5.41, 5.74) is 0. The van der Waals surface area contributed by atoms with Gasteiger partial charge in [0.05, 0.1) is 19.1 Å². The number of esters is 1. The summed E-state index contributed by atoms with van der Waals surface area (Å²) in [4.78, 5) is 22.4. The number of carbonyl (C=O) groups excluding carboxylic acids is 2. The van der Waals surface area contributed by atoms with Crippen LogP contribution in [0.4, 0.5) is 0 Å². The number of aliphatic hydroxyl groups is 1. The molecular formula is C10H17NO4. The maximum atomic E-state index is 11.4. The average molecular weight is 215 g/mol. The van der Waals surface area contributed by atoms with Crippen molar-refractivity contribution in [2.24, 2.45) is 0 Å². The Morgan fingerprint density at radius 2 is 2.47 bits per heavy atom. The third kappa shape index (κ3) is 3.87. The van der Waals surface area contributed by atoms with Crippen molar-refractivity contribution in [3.63, 3.8) is 0 Å². The molecule has 86 valence electrons. The molecule has 1 aliphatic rings. The molecule has 0 saturated carbocycles. The van der Waals surface area contributed by atoms with Crippen molar-refractivity contribution in [1.29, 1.82) is 0 Å². The number of amides is 1. The van der Waals surface area contributed by atoms with Crippen LogP contribution in [0.3, 0.4) is 0 Å². The first-order chi connectivity index (χ1) is 7.13. The van der Waals surface area contributed by atoms with Crippen molar-refractivity contribution in [3.05, 3.63) is 0 Å². The lowest BCUT2D eigenvalue weighted by Gasteiger charge is -2.11. The van der Waals surface area contributed by atoms with E-state index in [4.69, 9.17) is 4.74 Å². The van der Waals surface area contributed by atoms with E-state index < -0.39 is 12.1 Å². The highest BCUT2D eigenvalue weighted by Gasteiger charge is 2.28. The maximum absolute atomic E-state index is 11.4. The van der Waals surface area contributed by atoms with Gasteiger partial charge >= 0.3 is 5.97 Å². The first-order valence-corrected chi connectivity index (χ1v) is 5.27. The summed E-state index contributed by atoms with van der Waals surface area (Å²) in [5, 5.41) is 11.9. The SMILES string of the molecule is CCC[C@H](O)CC(=O)N[C@@H]1CCOC1=O. The Labute approximate surface area is 88.8 Å². The topological polar surface area (TPSA) is 75.6 Å². The van der Waals surface area contributed by atoms with Gasteiger partial charge in [-0.3, -0.25) is 4.79 Å². The fourth-order valence-electron chi connectivity index (χ4n) is 1.53. The van der Waals surface area contributed by atoms with Crippen LogP contribution in [0.25, 0.3) is 0 Å². The number of nitrogens with one attached hydrogen (secondary N) is 1. The molecule has 1 rings (SSSR count). The Kier molecular flexibility index (Phi) is 4.55. The van der Waals surface area contributed by atoms with Crippen molar-refractivity contribution in [2.45, 2.75) is 44.8 Å². The van der Waals surface area contributed by atoms with E-state index >= 15 is 0 Å². The molecule has 0 radical (unpaired) electrons. The molecular weight excluding hydrogens is 198 g/mol. The molecule has 1 fully saturated rings. The molecule has 1 saturated heterocycles. The van der Waals surface area contributed by atoms with Crippen molar-refractivity contribution in [2.75, 3.05) is 6.61 Å². The van der Waals surface area contributed by atoms with Crippen molar-refractivity contribution in [1.82, 2.24) is 5.32 Å². The standard InChI is InChI=1S/C10H17NO4/c1-2-3-7(12)6-9(13)11-8-4-5-15-10(8)14/h7-8,12H,2-6H2,1H3,(H,11,13)/t7-,8+/m0/s1. The van der Waals surface area contributed by atoms with Gasteiger partial charge in [0.25, 0.3) is 0 Å². The van der Waals surface area contributed by atoms with Gasteiger partial charge in [-0.2, -0.15) is 0 Å². The predicted molar refractivity (Wildman–Crippen MR) is 53.0 cm³/mol. The Morgan fingerprint density at radius 1 is 1.73 bits per heavy atom. The average Bonchev–Trinajstić information content (AvgIpc) is 2.52. The molecule has 0 aromatic heterocycles. The highest BCUT2D eigenvalue weighted by molar-refractivity contribution is 5.85. The third-order valence-electron chi connectivity index (χ3n) is 2.31. The summed E-state index contributed by atoms with van der Waals surface area (Å²) in [7, 11) is 0. The number of rotatable bonds is 5. The van der Waals surface area contributed by atoms with Crippen LogP contribution in [0.2, 0.25) is 0 Å². The molecule has 1 heterocycles. The van der Waals surface area contributed by atoms with E-state index in [1.165, 1.54) is 0 Å². The molecule has 0 aromatic carbocycles. The predicted octanol–water partition coefficient (Wildman–Crippen LogP) is -0.0308. The molecule has 5 nitrogen and oxygen atoms in total. The number of cyclic esters (lactones) is 1. The van der Waals surface area contributed by atoms with Crippen LogP contribution in [0.5, 0.6) is 0 Å². The van der Waals surface area contributed by atoms with E-state index in [1.807, 2.05) is 6.92 Å². The van der Waals surface area contributed by atoms with Crippen LogP contribution in [-0.4, -0.2) is 35.7 Å². The van der Waals surface area contributed by atoms with Crippen LogP contribution in [-0.2, 0) is 14.3 Å². The smallest absolute Gasteiger partial charge is 0.328 e. The van der Waals surface area contributed by atoms with Gasteiger partial charge in [-0.25, -0.2) is 4.79 Å². The maximum Gasteiger partial charge on any atom is 0.328 e. The van der Waals surface area contributed by atoms with Crippen LogP contribution < -0.4 is 5.32 Å². The van der Waals surface area contributed by atoms with Gasteiger partial charge in [-0.15, -0.1) is 0 Å². The fraction of sp³-hybridized carbons (Fsp3) is 0.800. The van der Waals surface area contributed by atoms with E-state index in [1.54, 1.807) is 0 Å². The Morgan fingerprint density at radius 3 is 3.00 bits per heavy atom. The molecule has 2 N–H and O–H groups in total. The van der Waals surface area contributed by atoms with Gasteiger partial charge in [0, 0.05) is 6.42 Å². The highest BCUT2D eigenvalue weighted by atomic mass is 16.5. The zero-order valence-electron chi connectivity index (χ0n) is 8.86. The van der Waals surface area contributed by atoms with Crippen molar-refractivity contribution >= 4 is 11.9 Å². The van der Waals surface area contributed by atoms with Gasteiger partial charge in [-0.1, -0.05) is 13.3 Å². The lowest BCUT2D eigenvalue weighted by molar-refractivity contribution is -0.141. The largest absolute Gasteiger partial charge is 0.464 e. The van der Waals surface area contributed by atoms with Crippen LogP contribution >= 0.6 is 0 Å². The van der Waals surface area contributed by atoms with Crippen LogP contribution in [0, 0.1) is 0 Å².